The molecule has 0 aliphatic heterocycles. The zero-order valence-corrected chi connectivity index (χ0v) is 14.1. The molecule has 23 heavy (non-hydrogen) atoms. The highest BCUT2D eigenvalue weighted by molar-refractivity contribution is 6.34. The van der Waals surface area contributed by atoms with Crippen molar-refractivity contribution in [3.8, 4) is 5.75 Å². The number of halogens is 2. The van der Waals surface area contributed by atoms with E-state index in [4.69, 9.17) is 27.9 Å². The highest BCUT2D eigenvalue weighted by Crippen LogP contribution is 2.27. The Morgan fingerprint density at radius 2 is 2.00 bits per heavy atom. The number of imidazole rings is 1. The third kappa shape index (κ3) is 3.61. The number of ether oxygens (including phenoxy) is 1. The van der Waals surface area contributed by atoms with Crippen molar-refractivity contribution >= 4 is 34.2 Å². The average Bonchev–Trinajstić information content (AvgIpc) is 2.84. The van der Waals surface area contributed by atoms with Gasteiger partial charge in [-0.2, -0.15) is 0 Å². The van der Waals surface area contributed by atoms with Gasteiger partial charge in [0.2, 0.25) is 0 Å². The lowest BCUT2D eigenvalue weighted by Gasteiger charge is -2.15. The Hall–Kier alpha value is -1.75. The standard InChI is InChI=1S/C17H16Cl2N2O2/c1-11-20-15-4-2-3-5-16(15)21(11)9-13(22)10-23-17-8-12(18)6-7-14(17)19/h2-8,13,22H,9-10H2,1H3. The zero-order valence-electron chi connectivity index (χ0n) is 12.5. The minimum absolute atomic E-state index is 0.117. The zero-order chi connectivity index (χ0) is 16.4. The molecule has 1 unspecified atom stereocenters. The highest BCUT2D eigenvalue weighted by Gasteiger charge is 2.13. The van der Waals surface area contributed by atoms with Gasteiger partial charge in [-0.3, -0.25) is 0 Å². The fraction of sp³-hybridized carbons (Fsp3) is 0.235. The lowest BCUT2D eigenvalue weighted by Crippen LogP contribution is -2.24. The van der Waals surface area contributed by atoms with Crippen LogP contribution in [-0.2, 0) is 6.54 Å². The van der Waals surface area contributed by atoms with Crippen molar-refractivity contribution in [1.29, 1.82) is 0 Å². The van der Waals surface area contributed by atoms with Crippen molar-refractivity contribution in [2.24, 2.45) is 0 Å². The van der Waals surface area contributed by atoms with Crippen LogP contribution in [0.4, 0.5) is 0 Å². The molecule has 0 amide bonds. The van der Waals surface area contributed by atoms with Crippen LogP contribution < -0.4 is 4.74 Å². The third-order valence-corrected chi connectivity index (χ3v) is 4.11. The molecule has 0 radical (unpaired) electrons. The molecule has 120 valence electrons. The first-order chi connectivity index (χ1) is 11.0. The molecular weight excluding hydrogens is 335 g/mol. The number of para-hydroxylation sites is 2. The Morgan fingerprint density at radius 3 is 2.83 bits per heavy atom. The number of aryl methyl sites for hydroxylation is 1. The number of hydrogen-bond donors (Lipinski definition) is 1. The molecule has 0 aliphatic carbocycles. The van der Waals surface area contributed by atoms with Crippen LogP contribution >= 0.6 is 23.2 Å². The summed E-state index contributed by atoms with van der Waals surface area (Å²) in [6.45, 7) is 2.43. The quantitative estimate of drug-likeness (QED) is 0.753. The number of hydrogen-bond acceptors (Lipinski definition) is 3. The van der Waals surface area contributed by atoms with E-state index in [1.165, 1.54) is 0 Å². The van der Waals surface area contributed by atoms with Gasteiger partial charge < -0.3 is 14.4 Å². The van der Waals surface area contributed by atoms with Gasteiger partial charge in [0.25, 0.3) is 0 Å². The van der Waals surface area contributed by atoms with Crippen LogP contribution in [0.1, 0.15) is 5.82 Å². The Kier molecular flexibility index (Phi) is 4.76. The van der Waals surface area contributed by atoms with Gasteiger partial charge in [0.1, 0.15) is 24.3 Å². The lowest BCUT2D eigenvalue weighted by atomic mass is 10.3. The number of nitrogens with zero attached hydrogens (tertiary/aromatic N) is 2. The largest absolute Gasteiger partial charge is 0.489 e. The van der Waals surface area contributed by atoms with Crippen molar-refractivity contribution in [2.75, 3.05) is 6.61 Å². The monoisotopic (exact) mass is 350 g/mol. The molecule has 4 nitrogen and oxygen atoms in total. The van der Waals surface area contributed by atoms with Crippen LogP contribution in [-0.4, -0.2) is 27.4 Å². The highest BCUT2D eigenvalue weighted by atomic mass is 35.5. The molecule has 0 fully saturated rings. The van der Waals surface area contributed by atoms with Crippen LogP contribution in [0.3, 0.4) is 0 Å². The van der Waals surface area contributed by atoms with Crippen molar-refractivity contribution < 1.29 is 9.84 Å². The maximum absolute atomic E-state index is 10.3. The summed E-state index contributed by atoms with van der Waals surface area (Å²) in [5.74, 6) is 1.32. The lowest BCUT2D eigenvalue weighted by molar-refractivity contribution is 0.0930. The average molecular weight is 351 g/mol. The summed E-state index contributed by atoms with van der Waals surface area (Å²) in [5.41, 5.74) is 1.90. The number of aliphatic hydroxyl groups excluding tert-OH is 1. The molecule has 1 N–H and O–H groups in total. The van der Waals surface area contributed by atoms with E-state index in [1.807, 2.05) is 35.8 Å². The van der Waals surface area contributed by atoms with Gasteiger partial charge in [-0.05, 0) is 31.2 Å². The van der Waals surface area contributed by atoms with E-state index in [0.29, 0.717) is 22.3 Å². The van der Waals surface area contributed by atoms with Crippen molar-refractivity contribution in [1.82, 2.24) is 9.55 Å². The molecule has 6 heteroatoms. The Morgan fingerprint density at radius 1 is 1.22 bits per heavy atom. The number of benzene rings is 2. The number of aromatic nitrogens is 2. The molecule has 1 aromatic heterocycles. The molecule has 1 heterocycles. The molecule has 3 aromatic rings. The molecule has 2 aromatic carbocycles. The van der Waals surface area contributed by atoms with Gasteiger partial charge in [0.15, 0.2) is 0 Å². The maximum Gasteiger partial charge on any atom is 0.139 e. The summed E-state index contributed by atoms with van der Waals surface area (Å²) in [7, 11) is 0. The Balaban J connectivity index is 1.70. The van der Waals surface area contributed by atoms with Crippen LogP contribution in [0, 0.1) is 6.92 Å². The predicted octanol–water partition coefficient (Wildman–Crippen LogP) is 4.09. The van der Waals surface area contributed by atoms with Gasteiger partial charge >= 0.3 is 0 Å². The van der Waals surface area contributed by atoms with Crippen molar-refractivity contribution in [2.45, 2.75) is 19.6 Å². The Labute approximate surface area is 144 Å². The van der Waals surface area contributed by atoms with Crippen molar-refractivity contribution in [3.05, 3.63) is 58.3 Å². The second kappa shape index (κ2) is 6.79. The van der Waals surface area contributed by atoms with E-state index in [-0.39, 0.29) is 6.61 Å². The SMILES string of the molecule is Cc1nc2ccccc2n1CC(O)COc1cc(Cl)ccc1Cl. The van der Waals surface area contributed by atoms with E-state index in [0.717, 1.165) is 16.9 Å². The summed E-state index contributed by atoms with van der Waals surface area (Å²) in [6.07, 6.45) is -0.693. The summed E-state index contributed by atoms with van der Waals surface area (Å²) >= 11 is 12.0. The molecule has 0 saturated heterocycles. The van der Waals surface area contributed by atoms with Gasteiger partial charge in [0, 0.05) is 11.1 Å². The smallest absolute Gasteiger partial charge is 0.139 e. The normalized spacial score (nSPS) is 12.5. The summed E-state index contributed by atoms with van der Waals surface area (Å²) in [6, 6.07) is 12.8. The van der Waals surface area contributed by atoms with Crippen LogP contribution in [0.15, 0.2) is 42.5 Å². The molecule has 0 spiro atoms. The summed E-state index contributed by atoms with van der Waals surface area (Å²) in [4.78, 5) is 4.48. The first kappa shape index (κ1) is 16.1. The van der Waals surface area contributed by atoms with Gasteiger partial charge in [-0.15, -0.1) is 0 Å². The van der Waals surface area contributed by atoms with E-state index >= 15 is 0 Å². The van der Waals surface area contributed by atoms with Crippen LogP contribution in [0.5, 0.6) is 5.75 Å². The second-order valence-electron chi connectivity index (χ2n) is 5.30. The minimum atomic E-state index is -0.693. The number of fused-ring (bicyclic) bond motifs is 1. The molecule has 0 bridgehead atoms. The molecule has 1 atom stereocenters. The van der Waals surface area contributed by atoms with E-state index in [2.05, 4.69) is 4.98 Å². The fourth-order valence-electron chi connectivity index (χ4n) is 2.46. The van der Waals surface area contributed by atoms with Crippen molar-refractivity contribution in [3.63, 3.8) is 0 Å². The van der Waals surface area contributed by atoms with Crippen LogP contribution in [0.25, 0.3) is 11.0 Å². The van der Waals surface area contributed by atoms with E-state index in [1.54, 1.807) is 18.2 Å². The summed E-state index contributed by atoms with van der Waals surface area (Å²) in [5, 5.41) is 11.3. The molecule has 0 aliphatic rings. The van der Waals surface area contributed by atoms with Crippen LogP contribution in [0.2, 0.25) is 10.0 Å². The third-order valence-electron chi connectivity index (χ3n) is 3.56. The minimum Gasteiger partial charge on any atom is -0.489 e. The van der Waals surface area contributed by atoms with E-state index in [9.17, 15) is 5.11 Å². The topological polar surface area (TPSA) is 47.3 Å². The first-order valence-corrected chi connectivity index (χ1v) is 7.98. The number of aliphatic hydroxyl groups is 1. The second-order valence-corrected chi connectivity index (χ2v) is 6.14. The summed E-state index contributed by atoms with van der Waals surface area (Å²) < 4.78 is 7.56. The predicted molar refractivity (Wildman–Crippen MR) is 92.4 cm³/mol. The molecular formula is C17H16Cl2N2O2. The molecule has 0 saturated carbocycles. The molecule has 3 rings (SSSR count). The first-order valence-electron chi connectivity index (χ1n) is 7.22. The number of rotatable bonds is 5. The maximum atomic E-state index is 10.3. The van der Waals surface area contributed by atoms with E-state index < -0.39 is 6.10 Å². The fourth-order valence-corrected chi connectivity index (χ4v) is 2.80. The Bertz CT molecular complexity index is 833. The van der Waals surface area contributed by atoms with Gasteiger partial charge in [-0.1, -0.05) is 35.3 Å². The van der Waals surface area contributed by atoms with Gasteiger partial charge in [0.05, 0.1) is 22.6 Å². The van der Waals surface area contributed by atoms with Gasteiger partial charge in [-0.25, -0.2) is 4.98 Å².